The Morgan fingerprint density at radius 3 is 2.27 bits per heavy atom. The molecular formula is C27H29Cl2N3O4S. The molecule has 37 heavy (non-hydrogen) atoms. The lowest BCUT2D eigenvalue weighted by Gasteiger charge is -2.38. The molecule has 0 atom stereocenters. The van der Waals surface area contributed by atoms with E-state index in [1.165, 1.54) is 24.3 Å². The second-order valence-corrected chi connectivity index (χ2v) is 11.4. The summed E-state index contributed by atoms with van der Waals surface area (Å²) in [6.07, 6.45) is 0. The van der Waals surface area contributed by atoms with Gasteiger partial charge in [0.25, 0.3) is 10.0 Å². The number of amides is 1. The van der Waals surface area contributed by atoms with Crippen molar-refractivity contribution in [1.29, 1.82) is 0 Å². The summed E-state index contributed by atoms with van der Waals surface area (Å²) in [4.78, 5) is 17.4. The zero-order chi connectivity index (χ0) is 26.6. The summed E-state index contributed by atoms with van der Waals surface area (Å²) in [7, 11) is -4.09. The van der Waals surface area contributed by atoms with Gasteiger partial charge in [0, 0.05) is 41.9 Å². The number of sulfonamides is 1. The van der Waals surface area contributed by atoms with E-state index in [1.54, 1.807) is 29.2 Å². The van der Waals surface area contributed by atoms with E-state index in [0.29, 0.717) is 54.3 Å². The Bertz CT molecular complexity index is 1360. The predicted octanol–water partition coefficient (Wildman–Crippen LogP) is 5.24. The van der Waals surface area contributed by atoms with Crippen LogP contribution in [0.15, 0.2) is 71.6 Å². The zero-order valence-electron chi connectivity index (χ0n) is 20.7. The van der Waals surface area contributed by atoms with E-state index in [-0.39, 0.29) is 17.3 Å². The van der Waals surface area contributed by atoms with Crippen molar-refractivity contribution in [3.63, 3.8) is 0 Å². The summed E-state index contributed by atoms with van der Waals surface area (Å²) in [6.45, 7) is 6.01. The molecular weight excluding hydrogens is 533 g/mol. The molecule has 0 unspecified atom stereocenters. The third kappa shape index (κ3) is 6.14. The van der Waals surface area contributed by atoms with E-state index in [0.717, 1.165) is 15.6 Å². The molecule has 1 amide bonds. The van der Waals surface area contributed by atoms with Crippen molar-refractivity contribution < 1.29 is 17.9 Å². The molecule has 1 aliphatic heterocycles. The van der Waals surface area contributed by atoms with E-state index in [1.807, 2.05) is 32.0 Å². The minimum absolute atomic E-state index is 0.0391. The van der Waals surface area contributed by atoms with Crippen LogP contribution in [0.3, 0.4) is 0 Å². The van der Waals surface area contributed by atoms with Gasteiger partial charge >= 0.3 is 0 Å². The third-order valence-corrected chi connectivity index (χ3v) is 8.52. The van der Waals surface area contributed by atoms with Crippen molar-refractivity contribution in [3.05, 3.63) is 82.3 Å². The number of anilines is 2. The van der Waals surface area contributed by atoms with Crippen LogP contribution in [-0.2, 0) is 14.8 Å². The van der Waals surface area contributed by atoms with Gasteiger partial charge in [-0.1, -0.05) is 41.4 Å². The maximum Gasteiger partial charge on any atom is 0.264 e. The second-order valence-electron chi connectivity index (χ2n) is 8.66. The number of nitrogens with zero attached hydrogens (tertiary/aromatic N) is 3. The number of hydrogen-bond donors (Lipinski definition) is 0. The van der Waals surface area contributed by atoms with Gasteiger partial charge in [-0.2, -0.15) is 0 Å². The first kappa shape index (κ1) is 27.1. The molecule has 1 saturated heterocycles. The number of benzene rings is 3. The molecule has 0 spiro atoms. The normalized spacial score (nSPS) is 13.9. The van der Waals surface area contributed by atoms with E-state index < -0.39 is 10.0 Å². The molecule has 7 nitrogen and oxygen atoms in total. The first-order valence-electron chi connectivity index (χ1n) is 12.0. The number of rotatable bonds is 8. The first-order chi connectivity index (χ1) is 17.7. The Labute approximate surface area is 228 Å². The fourth-order valence-electron chi connectivity index (χ4n) is 4.32. The highest BCUT2D eigenvalue weighted by molar-refractivity contribution is 7.92. The average Bonchev–Trinajstić information content (AvgIpc) is 2.89. The molecule has 3 aromatic rings. The number of hydrogen-bond acceptors (Lipinski definition) is 5. The van der Waals surface area contributed by atoms with E-state index >= 15 is 0 Å². The molecule has 0 N–H and O–H groups in total. The molecule has 0 bridgehead atoms. The molecule has 0 radical (unpaired) electrons. The predicted molar refractivity (Wildman–Crippen MR) is 149 cm³/mol. The molecule has 196 valence electrons. The summed E-state index contributed by atoms with van der Waals surface area (Å²) in [5.41, 5.74) is 2.45. The third-order valence-electron chi connectivity index (χ3n) is 6.26. The Kier molecular flexibility index (Phi) is 8.52. The minimum Gasteiger partial charge on any atom is -0.492 e. The number of carbonyl (C=O) groups excluding carboxylic acids is 1. The Hall–Kier alpha value is -2.94. The highest BCUT2D eigenvalue weighted by Gasteiger charge is 2.32. The van der Waals surface area contributed by atoms with Gasteiger partial charge in [-0.15, -0.1) is 0 Å². The van der Waals surface area contributed by atoms with Crippen LogP contribution in [0.2, 0.25) is 10.0 Å². The average molecular weight is 563 g/mol. The van der Waals surface area contributed by atoms with Crippen LogP contribution in [0.1, 0.15) is 12.5 Å². The molecule has 4 rings (SSSR count). The van der Waals surface area contributed by atoms with Crippen molar-refractivity contribution in [1.82, 2.24) is 4.90 Å². The van der Waals surface area contributed by atoms with Crippen molar-refractivity contribution in [2.45, 2.75) is 18.7 Å². The largest absolute Gasteiger partial charge is 0.492 e. The van der Waals surface area contributed by atoms with Crippen LogP contribution in [-0.4, -0.2) is 58.6 Å². The number of aryl methyl sites for hydroxylation is 1. The maximum absolute atomic E-state index is 13.8. The number of carbonyl (C=O) groups is 1. The Morgan fingerprint density at radius 2 is 1.59 bits per heavy atom. The van der Waals surface area contributed by atoms with Crippen molar-refractivity contribution in [2.24, 2.45) is 0 Å². The summed E-state index contributed by atoms with van der Waals surface area (Å²) in [5.74, 6) is 0.0999. The fourth-order valence-corrected chi connectivity index (χ4v) is 6.03. The molecule has 0 saturated carbocycles. The minimum atomic E-state index is -4.09. The van der Waals surface area contributed by atoms with Gasteiger partial charge in [0.2, 0.25) is 5.91 Å². The Balaban J connectivity index is 1.58. The number of ether oxygens (including phenoxy) is 1. The molecule has 3 aromatic carbocycles. The number of para-hydroxylation sites is 2. The quantitative estimate of drug-likeness (QED) is 0.376. The van der Waals surface area contributed by atoms with Crippen LogP contribution in [0.5, 0.6) is 5.75 Å². The molecule has 0 aliphatic carbocycles. The van der Waals surface area contributed by atoms with E-state index in [9.17, 15) is 13.2 Å². The zero-order valence-corrected chi connectivity index (χ0v) is 23.1. The van der Waals surface area contributed by atoms with Crippen molar-refractivity contribution in [3.8, 4) is 5.75 Å². The van der Waals surface area contributed by atoms with E-state index in [2.05, 4.69) is 4.90 Å². The lowest BCUT2D eigenvalue weighted by Crippen LogP contribution is -2.52. The smallest absolute Gasteiger partial charge is 0.264 e. The van der Waals surface area contributed by atoms with Gasteiger partial charge in [-0.25, -0.2) is 8.42 Å². The second kappa shape index (κ2) is 11.6. The number of piperazine rings is 1. The molecule has 0 aromatic heterocycles. The SMILES string of the molecule is CCOc1ccccc1N(CC(=O)N1CCN(c2cc(Cl)ccc2C)CC1)S(=O)(=O)c1ccc(Cl)cc1. The molecule has 1 fully saturated rings. The first-order valence-corrected chi connectivity index (χ1v) is 14.2. The summed E-state index contributed by atoms with van der Waals surface area (Å²) >= 11 is 12.2. The van der Waals surface area contributed by atoms with Gasteiger partial charge in [0.05, 0.1) is 17.2 Å². The molecule has 1 aliphatic rings. The fraction of sp³-hybridized carbons (Fsp3) is 0.296. The van der Waals surface area contributed by atoms with Crippen LogP contribution in [0.25, 0.3) is 0 Å². The maximum atomic E-state index is 13.8. The Morgan fingerprint density at radius 1 is 0.946 bits per heavy atom. The summed E-state index contributed by atoms with van der Waals surface area (Å²) < 4.78 is 34.4. The van der Waals surface area contributed by atoms with Gasteiger partial charge in [-0.3, -0.25) is 9.10 Å². The van der Waals surface area contributed by atoms with Crippen molar-refractivity contribution >= 4 is 50.5 Å². The monoisotopic (exact) mass is 561 g/mol. The molecule has 1 heterocycles. The van der Waals surface area contributed by atoms with Crippen LogP contribution in [0.4, 0.5) is 11.4 Å². The van der Waals surface area contributed by atoms with E-state index in [4.69, 9.17) is 27.9 Å². The highest BCUT2D eigenvalue weighted by atomic mass is 35.5. The summed E-state index contributed by atoms with van der Waals surface area (Å²) in [6, 6.07) is 18.5. The lowest BCUT2D eigenvalue weighted by atomic mass is 10.1. The highest BCUT2D eigenvalue weighted by Crippen LogP contribution is 2.33. The van der Waals surface area contributed by atoms with Crippen molar-refractivity contribution in [2.75, 3.05) is 48.5 Å². The van der Waals surface area contributed by atoms with Gasteiger partial charge in [0.1, 0.15) is 12.3 Å². The standard InChI is InChI=1S/C27H29Cl2N3O4S/c1-3-36-26-7-5-4-6-24(26)32(37(34,35)23-12-10-21(28)11-13-23)19-27(33)31-16-14-30(15-17-31)25-18-22(29)9-8-20(25)2/h4-13,18H,3,14-17,19H2,1-2H3. The van der Waals surface area contributed by atoms with Gasteiger partial charge < -0.3 is 14.5 Å². The van der Waals surface area contributed by atoms with Gasteiger partial charge in [0.15, 0.2) is 0 Å². The number of halogens is 2. The van der Waals surface area contributed by atoms with Crippen LogP contribution < -0.4 is 13.9 Å². The van der Waals surface area contributed by atoms with Crippen LogP contribution >= 0.6 is 23.2 Å². The van der Waals surface area contributed by atoms with Crippen LogP contribution in [0, 0.1) is 6.92 Å². The van der Waals surface area contributed by atoms with Gasteiger partial charge in [-0.05, 0) is 67.9 Å². The lowest BCUT2D eigenvalue weighted by molar-refractivity contribution is -0.129. The topological polar surface area (TPSA) is 70.2 Å². The summed E-state index contributed by atoms with van der Waals surface area (Å²) in [5, 5.41) is 1.08. The molecule has 10 heteroatoms.